The Hall–Kier alpha value is -3.78. The molecule has 3 aliphatic carbocycles. The lowest BCUT2D eigenvalue weighted by atomic mass is 9.52. The van der Waals surface area contributed by atoms with Crippen molar-refractivity contribution >= 4 is 17.1 Å². The van der Waals surface area contributed by atoms with E-state index in [4.69, 9.17) is 0 Å². The number of hydrogen-bond donors (Lipinski definition) is 1. The Balaban J connectivity index is 1.11. The first-order valence-electron chi connectivity index (χ1n) is 16.4. The molecule has 0 spiro atoms. The second-order valence-electron chi connectivity index (χ2n) is 14.0. The highest BCUT2D eigenvalue weighted by molar-refractivity contribution is 5.82. The van der Waals surface area contributed by atoms with Crippen molar-refractivity contribution in [1.82, 2.24) is 0 Å². The number of allylic oxidation sites excluding steroid dienone is 1. The van der Waals surface area contributed by atoms with E-state index in [-0.39, 0.29) is 10.8 Å². The van der Waals surface area contributed by atoms with Gasteiger partial charge in [0.2, 0.25) is 0 Å². The minimum Gasteiger partial charge on any atom is -0.382 e. The molecule has 0 radical (unpaired) electrons. The first-order chi connectivity index (χ1) is 20.8. The normalized spacial score (nSPS) is 25.9. The summed E-state index contributed by atoms with van der Waals surface area (Å²) in [5.74, 6) is 1.75. The molecule has 6 atom stereocenters. The quantitative estimate of drug-likeness (QED) is 0.203. The molecule has 0 amide bonds. The average Bonchev–Trinajstić information content (AvgIpc) is 3.25. The van der Waals surface area contributed by atoms with Gasteiger partial charge in [-0.1, -0.05) is 114 Å². The van der Waals surface area contributed by atoms with E-state index >= 15 is 0 Å². The zero-order valence-electron chi connectivity index (χ0n) is 26.4. The molecule has 2 nitrogen and oxygen atoms in total. The monoisotopic (exact) mass is 566 g/mol. The molecule has 0 aromatic heterocycles. The SMILES string of the molecule is CCC(C1C=C[C@@]1(C)[C@@H](C)[C@@H]1CC[C@@H]1Nc1ccc2c(c1)C(C)(C)c1ccccc1-2)N(c1ccccc1)c1ccccc1. The second kappa shape index (κ2) is 10.7. The van der Waals surface area contributed by atoms with Crippen LogP contribution in [0, 0.1) is 23.2 Å². The van der Waals surface area contributed by atoms with E-state index in [0.717, 1.165) is 6.42 Å². The van der Waals surface area contributed by atoms with Crippen LogP contribution in [0.4, 0.5) is 17.1 Å². The summed E-state index contributed by atoms with van der Waals surface area (Å²) in [6.07, 6.45) is 8.68. The number of fused-ring (bicyclic) bond motifs is 3. The van der Waals surface area contributed by atoms with E-state index in [1.54, 1.807) is 0 Å². The maximum absolute atomic E-state index is 4.02. The zero-order chi connectivity index (χ0) is 29.8. The Labute approximate surface area is 258 Å². The minimum absolute atomic E-state index is 0.0336. The van der Waals surface area contributed by atoms with E-state index in [2.05, 4.69) is 160 Å². The maximum Gasteiger partial charge on any atom is 0.0413 e. The minimum atomic E-state index is 0.0336. The predicted molar refractivity (Wildman–Crippen MR) is 183 cm³/mol. The lowest BCUT2D eigenvalue weighted by Crippen LogP contribution is -2.54. The van der Waals surface area contributed by atoms with E-state index in [0.29, 0.717) is 29.8 Å². The highest BCUT2D eigenvalue weighted by Gasteiger charge is 2.51. The molecule has 0 heterocycles. The van der Waals surface area contributed by atoms with Gasteiger partial charge in [-0.15, -0.1) is 0 Å². The fourth-order valence-corrected chi connectivity index (χ4v) is 8.59. The zero-order valence-corrected chi connectivity index (χ0v) is 26.4. The third-order valence-electron chi connectivity index (χ3n) is 11.5. The lowest BCUT2D eigenvalue weighted by molar-refractivity contribution is 0.0494. The Kier molecular flexibility index (Phi) is 7.00. The summed E-state index contributed by atoms with van der Waals surface area (Å²) in [5, 5.41) is 4.02. The van der Waals surface area contributed by atoms with Crippen LogP contribution >= 0.6 is 0 Å². The lowest BCUT2D eigenvalue weighted by Gasteiger charge is -2.56. The van der Waals surface area contributed by atoms with Crippen molar-refractivity contribution in [2.24, 2.45) is 23.2 Å². The van der Waals surface area contributed by atoms with Crippen molar-refractivity contribution < 1.29 is 0 Å². The highest BCUT2D eigenvalue weighted by atomic mass is 15.2. The third-order valence-corrected chi connectivity index (χ3v) is 11.5. The first kappa shape index (κ1) is 28.0. The van der Waals surface area contributed by atoms with Gasteiger partial charge in [0.05, 0.1) is 0 Å². The summed E-state index contributed by atoms with van der Waals surface area (Å²) in [6.45, 7) is 12.2. The molecule has 0 saturated heterocycles. The van der Waals surface area contributed by atoms with E-state index in [1.165, 1.54) is 52.2 Å². The Morgan fingerprint density at radius 3 is 1.98 bits per heavy atom. The number of nitrogens with one attached hydrogen (secondary N) is 1. The molecule has 4 aromatic rings. The van der Waals surface area contributed by atoms with Crippen LogP contribution in [0.2, 0.25) is 0 Å². The third kappa shape index (κ3) is 4.53. The van der Waals surface area contributed by atoms with Crippen LogP contribution in [0.3, 0.4) is 0 Å². The van der Waals surface area contributed by atoms with Gasteiger partial charge in [0.1, 0.15) is 0 Å². The van der Waals surface area contributed by atoms with Gasteiger partial charge in [-0.2, -0.15) is 0 Å². The Morgan fingerprint density at radius 1 is 0.767 bits per heavy atom. The maximum atomic E-state index is 4.02. The van der Waals surface area contributed by atoms with Crippen LogP contribution < -0.4 is 10.2 Å². The Morgan fingerprint density at radius 2 is 1.40 bits per heavy atom. The van der Waals surface area contributed by atoms with Crippen molar-refractivity contribution in [2.45, 2.75) is 71.4 Å². The molecule has 0 aliphatic heterocycles. The second-order valence-corrected chi connectivity index (χ2v) is 14.0. The van der Waals surface area contributed by atoms with Gasteiger partial charge in [-0.05, 0) is 95.2 Å². The first-order valence-corrected chi connectivity index (χ1v) is 16.4. The molecule has 2 heteroatoms. The van der Waals surface area contributed by atoms with Gasteiger partial charge in [0.15, 0.2) is 0 Å². The number of para-hydroxylation sites is 2. The summed E-state index contributed by atoms with van der Waals surface area (Å²) < 4.78 is 0. The largest absolute Gasteiger partial charge is 0.382 e. The van der Waals surface area contributed by atoms with Crippen LogP contribution in [0.1, 0.15) is 65.0 Å². The average molecular weight is 567 g/mol. The predicted octanol–water partition coefficient (Wildman–Crippen LogP) is 10.6. The van der Waals surface area contributed by atoms with Gasteiger partial charge in [0, 0.05) is 40.5 Å². The highest BCUT2D eigenvalue weighted by Crippen LogP contribution is 2.56. The van der Waals surface area contributed by atoms with Crippen molar-refractivity contribution in [3.8, 4) is 11.1 Å². The topological polar surface area (TPSA) is 15.3 Å². The standard InChI is InChI=1S/C41H46N2/c1-6-39(43(30-15-9-7-10-16-30)31-17-11-8-12-18-31)36-25-26-41(36,5)28(2)32-23-24-38(32)42-29-21-22-34-33-19-13-14-20-35(33)40(3,4)37(34)27-29/h7-22,25-28,32,36,38-39,42H,6,23-24H2,1-5H3/t28-,32-,36?,38-,39?,41-/m0/s1. The van der Waals surface area contributed by atoms with Crippen molar-refractivity contribution in [3.05, 3.63) is 126 Å². The molecule has 7 rings (SSSR count). The number of rotatable bonds is 9. The number of hydrogen-bond acceptors (Lipinski definition) is 2. The van der Waals surface area contributed by atoms with Crippen LogP contribution in [0.25, 0.3) is 11.1 Å². The molecule has 4 aromatic carbocycles. The molecule has 2 unspecified atom stereocenters. The molecule has 43 heavy (non-hydrogen) atoms. The Bertz CT molecular complexity index is 1580. The smallest absolute Gasteiger partial charge is 0.0413 e. The summed E-state index contributed by atoms with van der Waals surface area (Å²) in [6, 6.07) is 38.9. The summed E-state index contributed by atoms with van der Waals surface area (Å²) in [4.78, 5) is 2.60. The molecule has 1 N–H and O–H groups in total. The number of anilines is 3. The summed E-state index contributed by atoms with van der Waals surface area (Å²) in [7, 11) is 0. The van der Waals surface area contributed by atoms with Gasteiger partial charge in [0.25, 0.3) is 0 Å². The number of nitrogens with zero attached hydrogens (tertiary/aromatic N) is 1. The van der Waals surface area contributed by atoms with Crippen LogP contribution in [-0.4, -0.2) is 12.1 Å². The fourth-order valence-electron chi connectivity index (χ4n) is 8.59. The molecule has 3 aliphatic rings. The molecule has 0 bridgehead atoms. The number of benzene rings is 4. The van der Waals surface area contributed by atoms with Crippen molar-refractivity contribution in [1.29, 1.82) is 0 Å². The van der Waals surface area contributed by atoms with Crippen LogP contribution in [-0.2, 0) is 5.41 Å². The molecule has 1 saturated carbocycles. The molecule has 220 valence electrons. The van der Waals surface area contributed by atoms with Crippen LogP contribution in [0.5, 0.6) is 0 Å². The van der Waals surface area contributed by atoms with Crippen LogP contribution in [0.15, 0.2) is 115 Å². The fraction of sp³-hybridized carbons (Fsp3) is 0.366. The molecular weight excluding hydrogens is 520 g/mol. The van der Waals surface area contributed by atoms with Gasteiger partial charge in [-0.25, -0.2) is 0 Å². The van der Waals surface area contributed by atoms with E-state index < -0.39 is 0 Å². The van der Waals surface area contributed by atoms with Gasteiger partial charge in [-0.3, -0.25) is 0 Å². The molecule has 1 fully saturated rings. The van der Waals surface area contributed by atoms with Crippen molar-refractivity contribution in [2.75, 3.05) is 10.2 Å². The van der Waals surface area contributed by atoms with Gasteiger partial charge < -0.3 is 10.2 Å². The molecular formula is C41H46N2. The summed E-state index contributed by atoms with van der Waals surface area (Å²) >= 11 is 0. The van der Waals surface area contributed by atoms with E-state index in [9.17, 15) is 0 Å². The van der Waals surface area contributed by atoms with Crippen molar-refractivity contribution in [3.63, 3.8) is 0 Å². The van der Waals surface area contributed by atoms with E-state index in [1.807, 2.05) is 0 Å². The van der Waals surface area contributed by atoms with Gasteiger partial charge >= 0.3 is 0 Å². The summed E-state index contributed by atoms with van der Waals surface area (Å²) in [5.41, 5.74) is 9.71.